The molecular weight excluding hydrogens is 184 g/mol. The second-order valence-corrected chi connectivity index (χ2v) is 4.02. The monoisotopic (exact) mass is 202 g/mol. The van der Waals surface area contributed by atoms with E-state index in [-0.39, 0.29) is 17.8 Å². The molecule has 13 heavy (non-hydrogen) atoms. The molecular formula is C10H18O2S. The Bertz CT molecular complexity index is 162. The normalized spacial score (nSPS) is 28.5. The van der Waals surface area contributed by atoms with Crippen LogP contribution in [0, 0.1) is 5.92 Å². The lowest BCUT2D eigenvalue weighted by Crippen LogP contribution is -2.24. The van der Waals surface area contributed by atoms with E-state index in [4.69, 9.17) is 4.74 Å². The van der Waals surface area contributed by atoms with Gasteiger partial charge in [0.15, 0.2) is 0 Å². The number of ether oxygens (including phenoxy) is 1. The van der Waals surface area contributed by atoms with Crippen molar-refractivity contribution in [1.29, 1.82) is 0 Å². The predicted molar refractivity (Wildman–Crippen MR) is 56.0 cm³/mol. The van der Waals surface area contributed by atoms with Crippen molar-refractivity contribution in [2.45, 2.75) is 45.1 Å². The molecule has 1 aliphatic rings. The van der Waals surface area contributed by atoms with E-state index in [0.29, 0.717) is 0 Å². The van der Waals surface area contributed by atoms with Gasteiger partial charge in [-0.1, -0.05) is 13.3 Å². The highest BCUT2D eigenvalue weighted by atomic mass is 32.1. The molecule has 0 N–H and O–H groups in total. The van der Waals surface area contributed by atoms with Crippen molar-refractivity contribution in [3.05, 3.63) is 0 Å². The zero-order chi connectivity index (χ0) is 9.68. The lowest BCUT2D eigenvalue weighted by atomic mass is 9.86. The molecule has 0 aromatic heterocycles. The molecule has 0 saturated heterocycles. The average molecular weight is 202 g/mol. The van der Waals surface area contributed by atoms with Gasteiger partial charge in [-0.3, -0.25) is 4.79 Å². The summed E-state index contributed by atoms with van der Waals surface area (Å²) in [6.45, 7) is 2.23. The number of carbonyl (C=O) groups excluding carboxylic acids is 1. The smallest absolute Gasteiger partial charge is 0.315 e. The molecule has 0 atom stereocenters. The minimum atomic E-state index is -0.178. The van der Waals surface area contributed by atoms with E-state index >= 15 is 0 Å². The Morgan fingerprint density at radius 2 is 2.00 bits per heavy atom. The average Bonchev–Trinajstić information content (AvgIpc) is 2.19. The van der Waals surface area contributed by atoms with Crippen LogP contribution >= 0.6 is 12.6 Å². The lowest BCUT2D eigenvalue weighted by Gasteiger charge is -2.27. The summed E-state index contributed by atoms with van der Waals surface area (Å²) < 4.78 is 5.22. The highest BCUT2D eigenvalue weighted by molar-refractivity contribution is 7.81. The Balaban J connectivity index is 2.21. The van der Waals surface area contributed by atoms with E-state index in [1.54, 1.807) is 0 Å². The number of thiol groups is 1. The first-order valence-electron chi connectivity index (χ1n) is 5.06. The van der Waals surface area contributed by atoms with Crippen LogP contribution in [-0.2, 0) is 9.53 Å². The topological polar surface area (TPSA) is 26.3 Å². The molecule has 76 valence electrons. The lowest BCUT2D eigenvalue weighted by molar-refractivity contribution is -0.147. The highest BCUT2D eigenvalue weighted by Crippen LogP contribution is 2.28. The van der Waals surface area contributed by atoms with Crippen molar-refractivity contribution < 1.29 is 9.53 Å². The minimum absolute atomic E-state index is 0.169. The molecule has 0 radical (unpaired) electrons. The third-order valence-electron chi connectivity index (χ3n) is 2.80. The molecule has 0 unspecified atom stereocenters. The van der Waals surface area contributed by atoms with E-state index in [9.17, 15) is 4.79 Å². The maximum atomic E-state index is 10.9. The summed E-state index contributed by atoms with van der Waals surface area (Å²) in [5.74, 6) is 0.877. The van der Waals surface area contributed by atoms with Gasteiger partial charge in [-0.15, -0.1) is 0 Å². The first-order valence-corrected chi connectivity index (χ1v) is 5.69. The van der Waals surface area contributed by atoms with Crippen molar-refractivity contribution >= 4 is 18.6 Å². The van der Waals surface area contributed by atoms with Gasteiger partial charge in [-0.25, -0.2) is 0 Å². The second kappa shape index (κ2) is 5.53. The van der Waals surface area contributed by atoms with Gasteiger partial charge >= 0.3 is 5.97 Å². The van der Waals surface area contributed by atoms with Crippen LogP contribution in [-0.4, -0.2) is 17.8 Å². The fraction of sp³-hybridized carbons (Fsp3) is 0.900. The SMILES string of the molecule is CCC1CCC(OC(=O)CS)CC1. The van der Waals surface area contributed by atoms with Gasteiger partial charge in [0.05, 0.1) is 5.75 Å². The number of rotatable bonds is 3. The summed E-state index contributed by atoms with van der Waals surface area (Å²) in [6.07, 6.45) is 5.92. The maximum absolute atomic E-state index is 10.9. The molecule has 1 fully saturated rings. The Morgan fingerprint density at radius 3 is 2.46 bits per heavy atom. The van der Waals surface area contributed by atoms with E-state index in [1.165, 1.54) is 19.3 Å². The predicted octanol–water partition coefficient (Wildman–Crippen LogP) is 2.43. The van der Waals surface area contributed by atoms with Crippen LogP contribution in [0.3, 0.4) is 0 Å². The molecule has 3 heteroatoms. The van der Waals surface area contributed by atoms with Gasteiger partial charge in [-0.2, -0.15) is 12.6 Å². The summed E-state index contributed by atoms with van der Waals surface area (Å²) in [4.78, 5) is 10.9. The molecule has 0 aromatic carbocycles. The third kappa shape index (κ3) is 3.59. The number of hydrogen-bond donors (Lipinski definition) is 1. The fourth-order valence-electron chi connectivity index (χ4n) is 1.88. The van der Waals surface area contributed by atoms with Crippen molar-refractivity contribution in [2.75, 3.05) is 5.75 Å². The van der Waals surface area contributed by atoms with Crippen LogP contribution in [0.1, 0.15) is 39.0 Å². The zero-order valence-electron chi connectivity index (χ0n) is 8.16. The van der Waals surface area contributed by atoms with E-state index in [1.807, 2.05) is 0 Å². The zero-order valence-corrected chi connectivity index (χ0v) is 9.06. The Labute approximate surface area is 85.4 Å². The number of esters is 1. The standard InChI is InChI=1S/C10H18O2S/c1-2-8-3-5-9(6-4-8)12-10(11)7-13/h8-9,13H,2-7H2,1H3. The van der Waals surface area contributed by atoms with Crippen LogP contribution in [0.15, 0.2) is 0 Å². The Hall–Kier alpha value is -0.180. The van der Waals surface area contributed by atoms with E-state index < -0.39 is 0 Å². The highest BCUT2D eigenvalue weighted by Gasteiger charge is 2.22. The summed E-state index contributed by atoms with van der Waals surface area (Å²) in [5.41, 5.74) is 0. The summed E-state index contributed by atoms with van der Waals surface area (Å²) >= 11 is 3.88. The molecule has 0 amide bonds. The Morgan fingerprint density at radius 1 is 1.38 bits per heavy atom. The quantitative estimate of drug-likeness (QED) is 0.562. The first-order chi connectivity index (χ1) is 6.26. The summed E-state index contributed by atoms with van der Waals surface area (Å²) in [6, 6.07) is 0. The molecule has 1 rings (SSSR count). The van der Waals surface area contributed by atoms with Crippen molar-refractivity contribution in [3.63, 3.8) is 0 Å². The van der Waals surface area contributed by atoms with Gasteiger partial charge in [0.2, 0.25) is 0 Å². The van der Waals surface area contributed by atoms with Crippen LogP contribution in [0.4, 0.5) is 0 Å². The van der Waals surface area contributed by atoms with Crippen LogP contribution < -0.4 is 0 Å². The molecule has 1 saturated carbocycles. The van der Waals surface area contributed by atoms with E-state index in [2.05, 4.69) is 19.6 Å². The first kappa shape index (κ1) is 10.9. The van der Waals surface area contributed by atoms with Gasteiger partial charge in [-0.05, 0) is 31.6 Å². The van der Waals surface area contributed by atoms with Gasteiger partial charge in [0.1, 0.15) is 6.10 Å². The van der Waals surface area contributed by atoms with E-state index in [0.717, 1.165) is 18.8 Å². The minimum Gasteiger partial charge on any atom is -0.462 e. The molecule has 1 aliphatic carbocycles. The summed E-state index contributed by atoms with van der Waals surface area (Å²) in [5, 5.41) is 0. The largest absolute Gasteiger partial charge is 0.462 e. The number of hydrogen-bond acceptors (Lipinski definition) is 3. The molecule has 2 nitrogen and oxygen atoms in total. The van der Waals surface area contributed by atoms with Crippen LogP contribution in [0.25, 0.3) is 0 Å². The van der Waals surface area contributed by atoms with Gasteiger partial charge < -0.3 is 4.74 Å². The molecule has 0 aliphatic heterocycles. The summed E-state index contributed by atoms with van der Waals surface area (Å²) in [7, 11) is 0. The fourth-order valence-corrected chi connectivity index (χ4v) is 1.96. The molecule has 0 heterocycles. The molecule has 0 aromatic rings. The van der Waals surface area contributed by atoms with Crippen molar-refractivity contribution in [3.8, 4) is 0 Å². The van der Waals surface area contributed by atoms with Crippen LogP contribution in [0.5, 0.6) is 0 Å². The van der Waals surface area contributed by atoms with Gasteiger partial charge in [0, 0.05) is 0 Å². The van der Waals surface area contributed by atoms with Crippen molar-refractivity contribution in [1.82, 2.24) is 0 Å². The molecule has 0 bridgehead atoms. The van der Waals surface area contributed by atoms with Gasteiger partial charge in [0.25, 0.3) is 0 Å². The molecule has 0 spiro atoms. The maximum Gasteiger partial charge on any atom is 0.315 e. The number of carbonyl (C=O) groups is 1. The van der Waals surface area contributed by atoms with Crippen LogP contribution in [0.2, 0.25) is 0 Å². The van der Waals surface area contributed by atoms with Crippen molar-refractivity contribution in [2.24, 2.45) is 5.92 Å². The third-order valence-corrected chi connectivity index (χ3v) is 3.06. The second-order valence-electron chi connectivity index (χ2n) is 3.70. The Kier molecular flexibility index (Phi) is 4.64.